The molecule has 2 rings (SSSR count). The summed E-state index contributed by atoms with van der Waals surface area (Å²) in [4.78, 5) is 13.5. The molecule has 0 aliphatic carbocycles. The Labute approximate surface area is 103 Å². The molecule has 0 saturated heterocycles. The summed E-state index contributed by atoms with van der Waals surface area (Å²) in [5.74, 6) is 0. The van der Waals surface area contributed by atoms with Crippen molar-refractivity contribution in [2.45, 2.75) is 0 Å². The van der Waals surface area contributed by atoms with Crippen LogP contribution in [-0.4, -0.2) is 9.55 Å². The minimum atomic E-state index is -0.189. The molecule has 4 nitrogen and oxygen atoms in total. The molecule has 0 aromatic carbocycles. The molecule has 0 radical (unpaired) electrons. The van der Waals surface area contributed by atoms with Crippen molar-refractivity contribution in [1.82, 2.24) is 9.55 Å². The summed E-state index contributed by atoms with van der Waals surface area (Å²) in [7, 11) is 1.96. The Morgan fingerprint density at radius 1 is 1.35 bits per heavy atom. The van der Waals surface area contributed by atoms with E-state index in [2.05, 4.69) is 4.98 Å². The largest absolute Gasteiger partial charge is 0.301 e. The maximum absolute atomic E-state index is 11.0. The highest BCUT2D eigenvalue weighted by Crippen LogP contribution is 2.00. The molecule has 0 aliphatic rings. The summed E-state index contributed by atoms with van der Waals surface area (Å²) in [5, 5.41) is 0. The molecule has 86 valence electrons. The van der Waals surface area contributed by atoms with Crippen molar-refractivity contribution in [2.75, 3.05) is 0 Å². The Kier molecular flexibility index (Phi) is 3.30. The maximum atomic E-state index is 11.0. The van der Waals surface area contributed by atoms with Gasteiger partial charge in [0.15, 0.2) is 17.2 Å². The molecule has 0 amide bonds. The number of hydrogen-bond acceptors (Lipinski definition) is 2. The van der Waals surface area contributed by atoms with Crippen molar-refractivity contribution >= 4 is 24.5 Å². The van der Waals surface area contributed by atoms with Gasteiger partial charge >= 0.3 is 0 Å². The van der Waals surface area contributed by atoms with Gasteiger partial charge in [-0.1, -0.05) is 0 Å². The zero-order valence-corrected chi connectivity index (χ0v) is 10.1. The first kappa shape index (κ1) is 11.5. The highest BCUT2D eigenvalue weighted by atomic mass is 32.1. The van der Waals surface area contributed by atoms with Crippen LogP contribution in [0.3, 0.4) is 0 Å². The SMILES string of the molecule is C[n+]1ccc(C=Cn2ccc(=O)[nH]c2=S)cc1. The van der Waals surface area contributed by atoms with Gasteiger partial charge in [0, 0.05) is 30.6 Å². The highest BCUT2D eigenvalue weighted by molar-refractivity contribution is 7.71. The number of aryl methyl sites for hydroxylation is 1. The van der Waals surface area contributed by atoms with Gasteiger partial charge in [-0.25, -0.2) is 4.57 Å². The number of pyridine rings is 1. The van der Waals surface area contributed by atoms with Crippen LogP contribution in [0.2, 0.25) is 0 Å². The van der Waals surface area contributed by atoms with E-state index in [0.717, 1.165) is 5.56 Å². The third-order valence-electron chi connectivity index (χ3n) is 2.28. The Morgan fingerprint density at radius 2 is 2.06 bits per heavy atom. The topological polar surface area (TPSA) is 41.7 Å². The maximum Gasteiger partial charge on any atom is 0.251 e. The zero-order valence-electron chi connectivity index (χ0n) is 9.33. The third-order valence-corrected chi connectivity index (χ3v) is 2.60. The van der Waals surface area contributed by atoms with E-state index in [9.17, 15) is 4.79 Å². The molecular formula is C12H12N3OS+. The Bertz CT molecular complexity index is 652. The van der Waals surface area contributed by atoms with Crippen LogP contribution >= 0.6 is 12.2 Å². The van der Waals surface area contributed by atoms with Crippen molar-refractivity contribution < 1.29 is 4.57 Å². The first-order chi connectivity index (χ1) is 8.15. The number of rotatable bonds is 2. The van der Waals surface area contributed by atoms with Gasteiger partial charge < -0.3 is 4.57 Å². The van der Waals surface area contributed by atoms with Crippen LogP contribution in [0.5, 0.6) is 0 Å². The molecule has 0 saturated carbocycles. The second-order valence-electron chi connectivity index (χ2n) is 3.63. The molecule has 0 fully saturated rings. The van der Waals surface area contributed by atoms with Gasteiger partial charge in [0.2, 0.25) is 0 Å². The van der Waals surface area contributed by atoms with E-state index in [1.807, 2.05) is 48.4 Å². The van der Waals surface area contributed by atoms with Crippen LogP contribution in [-0.2, 0) is 7.05 Å². The highest BCUT2D eigenvalue weighted by Gasteiger charge is 1.92. The molecule has 1 N–H and O–H groups in total. The van der Waals surface area contributed by atoms with Crippen molar-refractivity contribution in [2.24, 2.45) is 7.05 Å². The lowest BCUT2D eigenvalue weighted by Gasteiger charge is -1.97. The molecule has 0 spiro atoms. The van der Waals surface area contributed by atoms with Gasteiger partial charge in [0.25, 0.3) is 5.56 Å². The lowest BCUT2D eigenvalue weighted by Crippen LogP contribution is -2.25. The normalized spacial score (nSPS) is 10.9. The summed E-state index contributed by atoms with van der Waals surface area (Å²) in [5.41, 5.74) is 0.877. The summed E-state index contributed by atoms with van der Waals surface area (Å²) in [6.07, 6.45) is 9.31. The lowest BCUT2D eigenvalue weighted by molar-refractivity contribution is -0.671. The number of hydrogen-bond donors (Lipinski definition) is 1. The molecule has 5 heteroatoms. The van der Waals surface area contributed by atoms with E-state index >= 15 is 0 Å². The number of aromatic nitrogens is 3. The first-order valence-electron chi connectivity index (χ1n) is 5.10. The quantitative estimate of drug-likeness (QED) is 0.642. The Morgan fingerprint density at radius 3 is 2.71 bits per heavy atom. The van der Waals surface area contributed by atoms with Crippen LogP contribution in [0.25, 0.3) is 12.3 Å². The van der Waals surface area contributed by atoms with E-state index in [0.29, 0.717) is 4.77 Å². The Hall–Kier alpha value is -2.01. The summed E-state index contributed by atoms with van der Waals surface area (Å²) >= 11 is 5.03. The average Bonchev–Trinajstić information content (AvgIpc) is 2.30. The van der Waals surface area contributed by atoms with E-state index in [1.54, 1.807) is 10.8 Å². The molecule has 0 aliphatic heterocycles. The van der Waals surface area contributed by atoms with E-state index in [4.69, 9.17) is 12.2 Å². The standard InChI is InChI=1S/C12H11N3OS/c1-14-6-2-10(3-7-14)4-8-15-9-5-11(16)13-12(15)17/h2-9H,1H3/p+1. The van der Waals surface area contributed by atoms with Crippen molar-refractivity contribution in [3.05, 3.63) is 57.5 Å². The number of aromatic amines is 1. The van der Waals surface area contributed by atoms with Crippen molar-refractivity contribution in [1.29, 1.82) is 0 Å². The summed E-state index contributed by atoms with van der Waals surface area (Å²) < 4.78 is 4.03. The Balaban J connectivity index is 2.29. The fourth-order valence-electron chi connectivity index (χ4n) is 1.33. The predicted octanol–water partition coefficient (Wildman–Crippen LogP) is 1.36. The molecule has 0 bridgehead atoms. The molecule has 0 unspecified atom stereocenters. The second kappa shape index (κ2) is 4.88. The lowest BCUT2D eigenvalue weighted by atomic mass is 10.2. The second-order valence-corrected chi connectivity index (χ2v) is 4.02. The van der Waals surface area contributed by atoms with Gasteiger partial charge in [-0.05, 0) is 23.9 Å². The molecule has 2 aromatic rings. The molecule has 2 heterocycles. The average molecular weight is 246 g/mol. The van der Waals surface area contributed by atoms with E-state index < -0.39 is 0 Å². The van der Waals surface area contributed by atoms with Crippen LogP contribution in [0.4, 0.5) is 0 Å². The molecule has 0 atom stereocenters. The minimum absolute atomic E-state index is 0.189. The van der Waals surface area contributed by atoms with Gasteiger partial charge in [-0.3, -0.25) is 9.78 Å². The van der Waals surface area contributed by atoms with Crippen LogP contribution in [0.1, 0.15) is 5.56 Å². The fraction of sp³-hybridized carbons (Fsp3) is 0.0833. The molecular weight excluding hydrogens is 234 g/mol. The van der Waals surface area contributed by atoms with E-state index in [1.165, 1.54) is 6.07 Å². The molecule has 17 heavy (non-hydrogen) atoms. The number of nitrogens with zero attached hydrogens (tertiary/aromatic N) is 2. The van der Waals surface area contributed by atoms with Crippen LogP contribution in [0.15, 0.2) is 41.6 Å². The zero-order chi connectivity index (χ0) is 12.3. The van der Waals surface area contributed by atoms with Crippen LogP contribution in [0, 0.1) is 4.77 Å². The van der Waals surface area contributed by atoms with Gasteiger partial charge in [0.05, 0.1) is 0 Å². The van der Waals surface area contributed by atoms with Crippen molar-refractivity contribution in [3.63, 3.8) is 0 Å². The minimum Gasteiger partial charge on any atom is -0.301 e. The summed E-state index contributed by atoms with van der Waals surface area (Å²) in [6, 6.07) is 5.42. The number of nitrogens with one attached hydrogen (secondary N) is 1. The fourth-order valence-corrected chi connectivity index (χ4v) is 1.56. The monoisotopic (exact) mass is 246 g/mol. The third kappa shape index (κ3) is 2.98. The predicted molar refractivity (Wildman–Crippen MR) is 68.7 cm³/mol. The van der Waals surface area contributed by atoms with E-state index in [-0.39, 0.29) is 5.56 Å². The smallest absolute Gasteiger partial charge is 0.251 e. The van der Waals surface area contributed by atoms with Crippen molar-refractivity contribution in [3.8, 4) is 0 Å². The number of H-pyrrole nitrogens is 1. The van der Waals surface area contributed by atoms with Gasteiger partial charge in [-0.15, -0.1) is 0 Å². The first-order valence-corrected chi connectivity index (χ1v) is 5.51. The van der Waals surface area contributed by atoms with Gasteiger partial charge in [-0.2, -0.15) is 0 Å². The molecule has 2 aromatic heterocycles. The van der Waals surface area contributed by atoms with Gasteiger partial charge in [0.1, 0.15) is 7.05 Å². The summed E-state index contributed by atoms with van der Waals surface area (Å²) in [6.45, 7) is 0. The van der Waals surface area contributed by atoms with Crippen LogP contribution < -0.4 is 10.1 Å².